The van der Waals surface area contributed by atoms with Crippen molar-refractivity contribution in [2.75, 3.05) is 13.6 Å². The minimum Gasteiger partial charge on any atom is -0.357 e. The van der Waals surface area contributed by atoms with Crippen molar-refractivity contribution in [3.05, 3.63) is 48.0 Å². The van der Waals surface area contributed by atoms with E-state index in [1.165, 1.54) is 0 Å². The number of para-hydroxylation sites is 1. The minimum absolute atomic E-state index is 0.151. The van der Waals surface area contributed by atoms with Crippen LogP contribution in [-0.4, -0.2) is 47.0 Å². The summed E-state index contributed by atoms with van der Waals surface area (Å²) in [6.07, 6.45) is 0.488. The number of likely N-dealkylation sites (N-methyl/N-ethyl adjacent to an activating group) is 1. The number of nitrogens with one attached hydrogen (secondary N) is 1. The van der Waals surface area contributed by atoms with Gasteiger partial charge in [-0.05, 0) is 30.7 Å². The largest absolute Gasteiger partial charge is 0.357 e. The molecular formula is C20H22N4O2. The molecule has 4 rings (SSSR count). The lowest BCUT2D eigenvalue weighted by Gasteiger charge is -2.23. The van der Waals surface area contributed by atoms with E-state index in [0.717, 1.165) is 21.8 Å². The van der Waals surface area contributed by atoms with Crippen LogP contribution in [0, 0.1) is 0 Å². The van der Waals surface area contributed by atoms with Crippen LogP contribution in [0.1, 0.15) is 16.8 Å². The van der Waals surface area contributed by atoms with Crippen molar-refractivity contribution in [3.8, 4) is 0 Å². The molecule has 0 radical (unpaired) electrons. The number of nitrogens with two attached hydrogens (primary N) is 1. The summed E-state index contributed by atoms with van der Waals surface area (Å²) in [6, 6.07) is 13.2. The highest BCUT2D eigenvalue weighted by atomic mass is 16.2. The van der Waals surface area contributed by atoms with Crippen molar-refractivity contribution in [2.24, 2.45) is 12.8 Å². The van der Waals surface area contributed by atoms with Gasteiger partial charge in [-0.15, -0.1) is 0 Å². The van der Waals surface area contributed by atoms with Gasteiger partial charge in [-0.3, -0.25) is 9.59 Å². The van der Waals surface area contributed by atoms with Gasteiger partial charge in [0.05, 0.1) is 0 Å². The molecule has 134 valence electrons. The maximum absolute atomic E-state index is 13.1. The molecule has 0 aliphatic carbocycles. The second-order valence-electron chi connectivity index (χ2n) is 6.89. The Morgan fingerprint density at radius 3 is 2.62 bits per heavy atom. The summed E-state index contributed by atoms with van der Waals surface area (Å²) in [5, 5.41) is 4.78. The molecule has 0 spiro atoms. The summed E-state index contributed by atoms with van der Waals surface area (Å²) in [5.41, 5.74) is 8.79. The predicted octanol–water partition coefficient (Wildman–Crippen LogP) is 1.62. The Balaban J connectivity index is 1.78. The molecule has 26 heavy (non-hydrogen) atoms. The van der Waals surface area contributed by atoms with Gasteiger partial charge in [0.2, 0.25) is 5.91 Å². The highest BCUT2D eigenvalue weighted by molar-refractivity contribution is 6.11. The normalized spacial score (nSPS) is 20.0. The van der Waals surface area contributed by atoms with Gasteiger partial charge in [0, 0.05) is 54.1 Å². The molecule has 0 bridgehead atoms. The molecule has 3 aromatic rings. The van der Waals surface area contributed by atoms with Gasteiger partial charge in [-0.2, -0.15) is 0 Å². The van der Waals surface area contributed by atoms with Crippen LogP contribution < -0.4 is 11.1 Å². The van der Waals surface area contributed by atoms with E-state index >= 15 is 0 Å². The predicted molar refractivity (Wildman–Crippen MR) is 102 cm³/mol. The molecule has 1 fully saturated rings. The molecule has 0 unspecified atom stereocenters. The van der Waals surface area contributed by atoms with Gasteiger partial charge in [0.25, 0.3) is 5.91 Å². The summed E-state index contributed by atoms with van der Waals surface area (Å²) in [4.78, 5) is 26.8. The number of hydrogen-bond donors (Lipinski definition) is 2. The number of nitrogens with zero attached hydrogens (tertiary/aromatic N) is 2. The highest BCUT2D eigenvalue weighted by Crippen LogP contribution is 2.29. The van der Waals surface area contributed by atoms with Crippen LogP contribution in [-0.2, 0) is 11.8 Å². The molecule has 1 saturated heterocycles. The monoisotopic (exact) mass is 350 g/mol. The van der Waals surface area contributed by atoms with Crippen molar-refractivity contribution in [1.29, 1.82) is 0 Å². The molecule has 2 amide bonds. The lowest BCUT2D eigenvalue weighted by Crippen LogP contribution is -2.45. The first kappa shape index (κ1) is 16.6. The highest BCUT2D eigenvalue weighted by Gasteiger charge is 2.38. The van der Waals surface area contributed by atoms with Crippen LogP contribution >= 0.6 is 0 Å². The van der Waals surface area contributed by atoms with Crippen molar-refractivity contribution in [1.82, 2.24) is 14.8 Å². The molecule has 1 aliphatic heterocycles. The Bertz CT molecular complexity index is 1020. The average molecular weight is 350 g/mol. The molecule has 2 heterocycles. The van der Waals surface area contributed by atoms with E-state index < -0.39 is 6.04 Å². The zero-order chi connectivity index (χ0) is 18.4. The Morgan fingerprint density at radius 1 is 1.12 bits per heavy atom. The van der Waals surface area contributed by atoms with E-state index in [1.807, 2.05) is 37.4 Å². The number of benzene rings is 2. The minimum atomic E-state index is -0.509. The second-order valence-corrected chi connectivity index (χ2v) is 6.89. The summed E-state index contributed by atoms with van der Waals surface area (Å²) >= 11 is 0. The number of aryl methyl sites for hydroxylation is 1. The summed E-state index contributed by atoms with van der Waals surface area (Å²) in [5.74, 6) is -0.320. The zero-order valence-corrected chi connectivity index (χ0v) is 14.9. The lowest BCUT2D eigenvalue weighted by atomic mass is 10.1. The maximum Gasteiger partial charge on any atom is 0.254 e. The molecule has 1 aliphatic rings. The Hall–Kier alpha value is -2.86. The SMILES string of the molecule is CNC(=O)[C@@H]1C[C@@H](N)CN1C(=O)c1ccc2c(c1)c1ccccc1n2C. The van der Waals surface area contributed by atoms with Crippen LogP contribution in [0.5, 0.6) is 0 Å². The standard InChI is InChI=1S/C20H22N4O2/c1-22-19(25)18-10-13(21)11-24(18)20(26)12-7-8-17-15(9-12)14-5-3-4-6-16(14)23(17)2/h3-9,13,18H,10-11,21H2,1-2H3,(H,22,25)/t13-,18+/m1/s1. The lowest BCUT2D eigenvalue weighted by molar-refractivity contribution is -0.124. The number of amides is 2. The molecule has 0 saturated carbocycles. The molecule has 3 N–H and O–H groups in total. The first-order chi connectivity index (χ1) is 12.5. The van der Waals surface area contributed by atoms with E-state index in [0.29, 0.717) is 18.5 Å². The van der Waals surface area contributed by atoms with Crippen molar-refractivity contribution in [2.45, 2.75) is 18.5 Å². The van der Waals surface area contributed by atoms with Crippen LogP contribution in [0.15, 0.2) is 42.5 Å². The molecular weight excluding hydrogens is 328 g/mol. The van der Waals surface area contributed by atoms with E-state index in [9.17, 15) is 9.59 Å². The third kappa shape index (κ3) is 2.45. The fraction of sp³-hybridized carbons (Fsp3) is 0.300. The first-order valence-corrected chi connectivity index (χ1v) is 8.76. The molecule has 6 nitrogen and oxygen atoms in total. The van der Waals surface area contributed by atoms with Gasteiger partial charge in [-0.1, -0.05) is 18.2 Å². The summed E-state index contributed by atoms with van der Waals surface area (Å²) < 4.78 is 2.12. The average Bonchev–Trinajstić information content (AvgIpc) is 3.19. The van der Waals surface area contributed by atoms with Gasteiger partial charge in [0.15, 0.2) is 0 Å². The third-order valence-electron chi connectivity index (χ3n) is 5.30. The maximum atomic E-state index is 13.1. The number of hydrogen-bond acceptors (Lipinski definition) is 3. The number of aromatic nitrogens is 1. The topological polar surface area (TPSA) is 80.4 Å². The first-order valence-electron chi connectivity index (χ1n) is 8.76. The van der Waals surface area contributed by atoms with Crippen LogP contribution in [0.4, 0.5) is 0 Å². The molecule has 2 aromatic carbocycles. The van der Waals surface area contributed by atoms with E-state index in [-0.39, 0.29) is 17.9 Å². The van der Waals surface area contributed by atoms with Gasteiger partial charge in [-0.25, -0.2) is 0 Å². The van der Waals surface area contributed by atoms with Crippen molar-refractivity contribution >= 4 is 33.6 Å². The summed E-state index contributed by atoms with van der Waals surface area (Å²) in [7, 11) is 3.60. The Morgan fingerprint density at radius 2 is 1.85 bits per heavy atom. The Labute approximate surface area is 151 Å². The molecule has 1 aromatic heterocycles. The van der Waals surface area contributed by atoms with Gasteiger partial charge in [0.1, 0.15) is 6.04 Å². The number of carbonyl (C=O) groups is 2. The van der Waals surface area contributed by atoms with Gasteiger partial charge < -0.3 is 20.5 Å². The molecule has 6 heteroatoms. The van der Waals surface area contributed by atoms with E-state index in [4.69, 9.17) is 5.73 Å². The smallest absolute Gasteiger partial charge is 0.254 e. The van der Waals surface area contributed by atoms with Crippen molar-refractivity contribution in [3.63, 3.8) is 0 Å². The quantitative estimate of drug-likeness (QED) is 0.737. The molecule has 2 atom stereocenters. The number of rotatable bonds is 2. The van der Waals surface area contributed by atoms with E-state index in [2.05, 4.69) is 22.0 Å². The third-order valence-corrected chi connectivity index (χ3v) is 5.30. The van der Waals surface area contributed by atoms with Crippen LogP contribution in [0.3, 0.4) is 0 Å². The van der Waals surface area contributed by atoms with E-state index in [1.54, 1.807) is 11.9 Å². The van der Waals surface area contributed by atoms with Gasteiger partial charge >= 0.3 is 0 Å². The number of fused-ring (bicyclic) bond motifs is 3. The number of carbonyl (C=O) groups excluding carboxylic acids is 2. The van der Waals surface area contributed by atoms with Crippen molar-refractivity contribution < 1.29 is 9.59 Å². The zero-order valence-electron chi connectivity index (χ0n) is 14.9. The fourth-order valence-electron chi connectivity index (χ4n) is 3.97. The van der Waals surface area contributed by atoms with Crippen LogP contribution in [0.25, 0.3) is 21.8 Å². The second kappa shape index (κ2) is 6.14. The fourth-order valence-corrected chi connectivity index (χ4v) is 3.97. The Kier molecular flexibility index (Phi) is 3.92. The summed E-state index contributed by atoms with van der Waals surface area (Å²) in [6.45, 7) is 0.393. The van der Waals surface area contributed by atoms with Crippen LogP contribution in [0.2, 0.25) is 0 Å². The number of likely N-dealkylation sites (tertiary alicyclic amines) is 1.